The SMILES string of the molecule is COC(=O)Cc1nc(C#N)c(O)cc1C(F)F. The van der Waals surface area contributed by atoms with Gasteiger partial charge in [-0.15, -0.1) is 0 Å². The molecule has 0 radical (unpaired) electrons. The summed E-state index contributed by atoms with van der Waals surface area (Å²) in [7, 11) is 1.11. The summed E-state index contributed by atoms with van der Waals surface area (Å²) in [5.74, 6) is -1.40. The molecule has 0 fully saturated rings. The largest absolute Gasteiger partial charge is 0.505 e. The fraction of sp³-hybridized carbons (Fsp3) is 0.300. The zero-order chi connectivity index (χ0) is 13.0. The maximum absolute atomic E-state index is 12.6. The van der Waals surface area contributed by atoms with Gasteiger partial charge >= 0.3 is 5.97 Å². The Morgan fingerprint density at radius 3 is 2.82 bits per heavy atom. The smallest absolute Gasteiger partial charge is 0.311 e. The van der Waals surface area contributed by atoms with Gasteiger partial charge in [0.25, 0.3) is 6.43 Å². The van der Waals surface area contributed by atoms with Crippen LogP contribution in [0.15, 0.2) is 6.07 Å². The van der Waals surface area contributed by atoms with E-state index >= 15 is 0 Å². The second-order valence-corrected chi connectivity index (χ2v) is 3.06. The molecule has 0 aliphatic carbocycles. The van der Waals surface area contributed by atoms with Gasteiger partial charge < -0.3 is 9.84 Å². The van der Waals surface area contributed by atoms with Crippen molar-refractivity contribution in [1.29, 1.82) is 5.26 Å². The third-order valence-electron chi connectivity index (χ3n) is 2.00. The van der Waals surface area contributed by atoms with E-state index in [0.717, 1.165) is 13.2 Å². The predicted octanol–water partition coefficient (Wildman–Crippen LogP) is 1.31. The van der Waals surface area contributed by atoms with E-state index in [9.17, 15) is 18.7 Å². The van der Waals surface area contributed by atoms with Crippen molar-refractivity contribution < 1.29 is 23.4 Å². The minimum atomic E-state index is -2.90. The van der Waals surface area contributed by atoms with Gasteiger partial charge in [0.1, 0.15) is 6.07 Å². The van der Waals surface area contributed by atoms with Crippen molar-refractivity contribution in [2.75, 3.05) is 7.11 Å². The van der Waals surface area contributed by atoms with Crippen LogP contribution in [0.2, 0.25) is 0 Å². The van der Waals surface area contributed by atoms with E-state index < -0.39 is 35.8 Å². The van der Waals surface area contributed by atoms with Crippen molar-refractivity contribution in [3.05, 3.63) is 23.0 Å². The monoisotopic (exact) mass is 242 g/mol. The molecule has 0 saturated carbocycles. The second-order valence-electron chi connectivity index (χ2n) is 3.06. The molecular formula is C10H8F2N2O3. The first kappa shape index (κ1) is 12.8. The standard InChI is InChI=1S/C10H8F2N2O3/c1-17-9(16)3-6-5(10(11)12)2-8(15)7(4-13)14-6/h2,10,15H,3H2,1H3. The lowest BCUT2D eigenvalue weighted by Crippen LogP contribution is -2.10. The Kier molecular flexibility index (Phi) is 3.93. The minimum Gasteiger partial charge on any atom is -0.505 e. The predicted molar refractivity (Wildman–Crippen MR) is 51.3 cm³/mol. The summed E-state index contributed by atoms with van der Waals surface area (Å²) >= 11 is 0. The van der Waals surface area contributed by atoms with Crippen molar-refractivity contribution in [1.82, 2.24) is 4.98 Å². The zero-order valence-corrected chi connectivity index (χ0v) is 8.78. The van der Waals surface area contributed by atoms with Crippen LogP contribution in [0.4, 0.5) is 8.78 Å². The Labute approximate surface area is 95.3 Å². The fourth-order valence-electron chi connectivity index (χ4n) is 1.18. The van der Waals surface area contributed by atoms with Gasteiger partial charge in [0.15, 0.2) is 11.4 Å². The summed E-state index contributed by atoms with van der Waals surface area (Å²) in [4.78, 5) is 14.5. The number of aromatic hydroxyl groups is 1. The molecule has 1 rings (SSSR count). The average molecular weight is 242 g/mol. The topological polar surface area (TPSA) is 83.2 Å². The molecule has 0 atom stereocenters. The van der Waals surface area contributed by atoms with Crippen LogP contribution in [-0.2, 0) is 16.0 Å². The number of pyridine rings is 1. The van der Waals surface area contributed by atoms with E-state index in [4.69, 9.17) is 5.26 Å². The summed E-state index contributed by atoms with van der Waals surface area (Å²) < 4.78 is 29.5. The van der Waals surface area contributed by atoms with Gasteiger partial charge in [-0.3, -0.25) is 4.79 Å². The molecule has 1 aromatic heterocycles. The number of aromatic nitrogens is 1. The van der Waals surface area contributed by atoms with Crippen LogP contribution in [0.5, 0.6) is 5.75 Å². The van der Waals surface area contributed by atoms with Gasteiger partial charge in [-0.2, -0.15) is 5.26 Å². The molecular weight excluding hydrogens is 234 g/mol. The lowest BCUT2D eigenvalue weighted by atomic mass is 10.1. The number of halogens is 2. The molecule has 1 aromatic rings. The van der Waals surface area contributed by atoms with Crippen molar-refractivity contribution >= 4 is 5.97 Å². The lowest BCUT2D eigenvalue weighted by Gasteiger charge is -2.08. The van der Waals surface area contributed by atoms with Crippen LogP contribution < -0.4 is 0 Å². The number of hydrogen-bond acceptors (Lipinski definition) is 5. The van der Waals surface area contributed by atoms with Crippen molar-refractivity contribution in [2.45, 2.75) is 12.8 Å². The van der Waals surface area contributed by atoms with Crippen LogP contribution in [0.3, 0.4) is 0 Å². The van der Waals surface area contributed by atoms with Crippen LogP contribution in [-0.4, -0.2) is 23.2 Å². The van der Waals surface area contributed by atoms with E-state index in [-0.39, 0.29) is 5.69 Å². The molecule has 0 aromatic carbocycles. The van der Waals surface area contributed by atoms with Crippen LogP contribution in [0, 0.1) is 11.3 Å². The third-order valence-corrected chi connectivity index (χ3v) is 2.00. The second kappa shape index (κ2) is 5.21. The van der Waals surface area contributed by atoms with Gasteiger partial charge in [-0.05, 0) is 6.07 Å². The van der Waals surface area contributed by atoms with Crippen LogP contribution in [0.1, 0.15) is 23.4 Å². The number of nitrogens with zero attached hydrogens (tertiary/aromatic N) is 2. The lowest BCUT2D eigenvalue weighted by molar-refractivity contribution is -0.139. The highest BCUT2D eigenvalue weighted by Gasteiger charge is 2.20. The number of carbonyl (C=O) groups excluding carboxylic acids is 1. The maximum Gasteiger partial charge on any atom is 0.311 e. The third kappa shape index (κ3) is 2.87. The van der Waals surface area contributed by atoms with Crippen LogP contribution in [0.25, 0.3) is 0 Å². The number of methoxy groups -OCH3 is 1. The van der Waals surface area contributed by atoms with Crippen molar-refractivity contribution in [3.63, 3.8) is 0 Å². The molecule has 0 unspecified atom stereocenters. The molecule has 0 aliphatic heterocycles. The molecule has 0 aliphatic rings. The normalized spacial score (nSPS) is 10.1. The number of rotatable bonds is 3. The summed E-state index contributed by atoms with van der Waals surface area (Å²) in [5.41, 5.74) is -1.28. The molecule has 0 bridgehead atoms. The van der Waals surface area contributed by atoms with Crippen molar-refractivity contribution in [3.8, 4) is 11.8 Å². The Hall–Kier alpha value is -2.23. The first-order valence-corrected chi connectivity index (χ1v) is 4.47. The molecule has 90 valence electrons. The molecule has 1 heterocycles. The quantitative estimate of drug-likeness (QED) is 0.808. The first-order valence-electron chi connectivity index (χ1n) is 4.47. The summed E-state index contributed by atoms with van der Waals surface area (Å²) in [6, 6.07) is 2.27. The molecule has 7 heteroatoms. The average Bonchev–Trinajstić information content (AvgIpc) is 2.30. The van der Waals surface area contributed by atoms with Gasteiger partial charge in [-0.1, -0.05) is 0 Å². The fourth-order valence-corrected chi connectivity index (χ4v) is 1.18. The molecule has 1 N–H and O–H groups in total. The van der Waals surface area contributed by atoms with E-state index in [1.54, 1.807) is 0 Å². The van der Waals surface area contributed by atoms with E-state index in [0.29, 0.717) is 0 Å². The van der Waals surface area contributed by atoms with Crippen LogP contribution >= 0.6 is 0 Å². The molecule has 17 heavy (non-hydrogen) atoms. The molecule has 0 amide bonds. The molecule has 0 saturated heterocycles. The number of hydrogen-bond donors (Lipinski definition) is 1. The summed E-state index contributed by atoms with van der Waals surface area (Å²) in [6.07, 6.45) is -3.38. The van der Waals surface area contributed by atoms with Gasteiger partial charge in [0.05, 0.1) is 19.2 Å². The first-order chi connectivity index (χ1) is 7.99. The van der Waals surface area contributed by atoms with E-state index in [1.165, 1.54) is 6.07 Å². The molecule has 5 nitrogen and oxygen atoms in total. The highest BCUT2D eigenvalue weighted by molar-refractivity contribution is 5.72. The summed E-state index contributed by atoms with van der Waals surface area (Å²) in [6.45, 7) is 0. The van der Waals surface area contributed by atoms with Gasteiger partial charge in [-0.25, -0.2) is 13.8 Å². The van der Waals surface area contributed by atoms with E-state index in [1.807, 2.05) is 0 Å². The minimum absolute atomic E-state index is 0.277. The number of ether oxygens (including phenoxy) is 1. The molecule has 0 spiro atoms. The summed E-state index contributed by atoms with van der Waals surface area (Å²) in [5, 5.41) is 17.8. The van der Waals surface area contributed by atoms with Gasteiger partial charge in [0, 0.05) is 5.56 Å². The number of carbonyl (C=O) groups is 1. The Bertz CT molecular complexity index is 483. The highest BCUT2D eigenvalue weighted by atomic mass is 19.3. The maximum atomic E-state index is 12.6. The Morgan fingerprint density at radius 2 is 2.35 bits per heavy atom. The number of nitriles is 1. The highest BCUT2D eigenvalue weighted by Crippen LogP contribution is 2.27. The Morgan fingerprint density at radius 1 is 1.71 bits per heavy atom. The Balaban J connectivity index is 3.25. The number of alkyl halides is 2. The van der Waals surface area contributed by atoms with Crippen molar-refractivity contribution in [2.24, 2.45) is 0 Å². The van der Waals surface area contributed by atoms with Gasteiger partial charge in [0.2, 0.25) is 0 Å². The number of esters is 1. The van der Waals surface area contributed by atoms with E-state index in [2.05, 4.69) is 9.72 Å². The zero-order valence-electron chi connectivity index (χ0n) is 8.78.